The molecule has 4 unspecified atom stereocenters. The minimum absolute atomic E-state index is 0. The number of aliphatic carboxylic acids is 2. The van der Waals surface area contributed by atoms with Crippen LogP contribution >= 0.6 is 0 Å². The van der Waals surface area contributed by atoms with E-state index in [-0.39, 0.29) is 70.1 Å². The molecule has 43 heavy (non-hydrogen) atoms. The molecule has 0 aromatic rings. The molecule has 0 heterocycles. The summed E-state index contributed by atoms with van der Waals surface area (Å²) in [6.07, 6.45) is 13.4. The van der Waals surface area contributed by atoms with E-state index in [0.717, 1.165) is 51.4 Å². The average Bonchev–Trinajstić information content (AvgIpc) is 2.92. The van der Waals surface area contributed by atoms with Gasteiger partial charge in [0, 0.05) is 19.1 Å². The standard InChI is InChI=1S/2C15H28N2O4.Ca/c2*1-4-5-6-7-8-9-14(19)16-11-17(10-12(2)18)13(3)15(20)21;/h2*8-9,12-13,18H,4-7,10-11H2,1-3H3,(H,16,19)(H,20,21);/q;;+2/p-2/b2*9-8+;. The first kappa shape index (κ1) is 45.9. The Morgan fingerprint density at radius 3 is 1.74 bits per heavy atom. The summed E-state index contributed by atoms with van der Waals surface area (Å²) in [6, 6.07) is -1.68. The van der Waals surface area contributed by atoms with Crippen molar-refractivity contribution >= 4 is 61.5 Å². The first-order valence-corrected chi connectivity index (χ1v) is 14.9. The fourth-order valence-electron chi connectivity index (χ4n) is 3.53. The van der Waals surface area contributed by atoms with Gasteiger partial charge in [0.1, 0.15) is 6.04 Å². The number of carboxylic acid groups (broad SMARTS) is 2. The number of carbonyl (C=O) groups excluding carboxylic acids is 2. The van der Waals surface area contributed by atoms with Crippen LogP contribution < -0.4 is 15.5 Å². The number of rotatable bonds is 22. The van der Waals surface area contributed by atoms with Crippen molar-refractivity contribution in [1.29, 1.82) is 0 Å². The molecule has 0 fully saturated rings. The van der Waals surface area contributed by atoms with Gasteiger partial charge in [0.15, 0.2) is 0 Å². The third-order valence-electron chi connectivity index (χ3n) is 6.13. The Morgan fingerprint density at radius 1 is 0.814 bits per heavy atom. The van der Waals surface area contributed by atoms with Crippen LogP contribution in [0.3, 0.4) is 0 Å². The fraction of sp³-hybridized carbons (Fsp3) is 0.733. The number of unbranched alkanes of at least 4 members (excludes halogenated alkanes) is 6. The summed E-state index contributed by atoms with van der Waals surface area (Å²) in [6.45, 7) is 10.7. The number of carboxylic acids is 2. The van der Waals surface area contributed by atoms with Crippen LogP contribution in [0.1, 0.15) is 92.9 Å². The normalized spacial score (nSPS) is 14.6. The van der Waals surface area contributed by atoms with Crippen LogP contribution in [-0.4, -0.2) is 137 Å². The number of allylic oxidation sites excluding steroid dienone is 2. The number of amides is 1. The van der Waals surface area contributed by atoms with E-state index in [9.17, 15) is 34.8 Å². The van der Waals surface area contributed by atoms with Crippen molar-refractivity contribution in [2.24, 2.45) is 4.99 Å². The van der Waals surface area contributed by atoms with E-state index in [1.54, 1.807) is 19.9 Å². The Hall–Kier alpha value is -1.54. The molecule has 0 aromatic heterocycles. The molecule has 0 aliphatic rings. The second kappa shape index (κ2) is 29.2. The summed E-state index contributed by atoms with van der Waals surface area (Å²) in [7, 11) is 0. The number of hydrogen-bond donors (Lipinski definition) is 4. The number of nitrogens with one attached hydrogen (secondary N) is 1. The molecule has 0 radical (unpaired) electrons. The molecule has 0 aliphatic carbocycles. The van der Waals surface area contributed by atoms with Crippen LogP contribution in [0.4, 0.5) is 0 Å². The van der Waals surface area contributed by atoms with Gasteiger partial charge >= 0.3 is 43.7 Å². The van der Waals surface area contributed by atoms with Gasteiger partial charge in [0.05, 0.1) is 31.5 Å². The van der Waals surface area contributed by atoms with Crippen LogP contribution in [0, 0.1) is 0 Å². The first-order valence-electron chi connectivity index (χ1n) is 14.9. The van der Waals surface area contributed by atoms with E-state index in [1.165, 1.54) is 35.8 Å². The van der Waals surface area contributed by atoms with Crippen molar-refractivity contribution in [2.75, 3.05) is 26.4 Å². The van der Waals surface area contributed by atoms with Gasteiger partial charge in [-0.1, -0.05) is 57.8 Å². The molecule has 0 bridgehead atoms. The maximum absolute atomic E-state index is 11.6. The number of aliphatic hydroxyl groups excluding tert-OH is 2. The van der Waals surface area contributed by atoms with Gasteiger partial charge in [-0.15, -0.1) is 0 Å². The van der Waals surface area contributed by atoms with Gasteiger partial charge in [-0.3, -0.25) is 24.4 Å². The largest absolute Gasteiger partial charge is 2.00 e. The second-order valence-electron chi connectivity index (χ2n) is 10.4. The molecule has 1 amide bonds. The number of nitrogens with zero attached hydrogens (tertiary/aromatic N) is 3. The van der Waals surface area contributed by atoms with Crippen LogP contribution in [-0.2, 0) is 14.4 Å². The predicted molar refractivity (Wildman–Crippen MR) is 166 cm³/mol. The minimum atomic E-state index is -1.26. The summed E-state index contributed by atoms with van der Waals surface area (Å²) < 4.78 is 0. The molecule has 0 rings (SSSR count). The van der Waals surface area contributed by atoms with Crippen molar-refractivity contribution < 1.29 is 39.9 Å². The monoisotopic (exact) mass is 638 g/mol. The van der Waals surface area contributed by atoms with E-state index in [2.05, 4.69) is 24.2 Å². The number of aliphatic hydroxyl groups is 2. The topological polar surface area (TPSA) is 189 Å². The molecule has 12 nitrogen and oxygen atoms in total. The van der Waals surface area contributed by atoms with Crippen LogP contribution in [0.5, 0.6) is 0 Å². The molecule has 4 N–H and O–H groups in total. The Kier molecular flexibility index (Phi) is 31.1. The number of carbonyl (C=O) groups is 3. The van der Waals surface area contributed by atoms with Gasteiger partial charge in [-0.05, 0) is 65.4 Å². The van der Waals surface area contributed by atoms with E-state index < -0.39 is 42.1 Å². The molecule has 244 valence electrons. The number of hydrogen-bond acceptors (Lipinski definition) is 10. The van der Waals surface area contributed by atoms with Gasteiger partial charge in [-0.25, -0.2) is 0 Å². The Labute approximate surface area is 287 Å². The molecule has 0 aromatic carbocycles. The first-order chi connectivity index (χ1) is 19.8. The molecule has 4 atom stereocenters. The zero-order valence-electron chi connectivity index (χ0n) is 27.0. The smallest absolute Gasteiger partial charge is 0.859 e. The van der Waals surface area contributed by atoms with Crippen molar-refractivity contribution in [1.82, 2.24) is 15.1 Å². The third kappa shape index (κ3) is 27.7. The summed E-state index contributed by atoms with van der Waals surface area (Å²) in [4.78, 5) is 40.2. The fourth-order valence-corrected chi connectivity index (χ4v) is 3.53. The quantitative estimate of drug-likeness (QED) is 0.0327. The molecule has 0 spiro atoms. The summed E-state index contributed by atoms with van der Waals surface area (Å²) in [5.41, 5.74) is 0. The Balaban J connectivity index is -0.000000727. The van der Waals surface area contributed by atoms with E-state index >= 15 is 0 Å². The van der Waals surface area contributed by atoms with E-state index in [1.807, 2.05) is 6.08 Å². The van der Waals surface area contributed by atoms with Crippen LogP contribution in [0.15, 0.2) is 29.3 Å². The summed E-state index contributed by atoms with van der Waals surface area (Å²) in [5, 5.41) is 52.8. The summed E-state index contributed by atoms with van der Waals surface area (Å²) >= 11 is 0. The van der Waals surface area contributed by atoms with Gasteiger partial charge < -0.3 is 35.6 Å². The van der Waals surface area contributed by atoms with E-state index in [0.29, 0.717) is 0 Å². The van der Waals surface area contributed by atoms with Crippen molar-refractivity contribution in [3.8, 4) is 0 Å². The SMILES string of the molecule is CCCCC/C=C/C(=O)NCN(CC(C)O)C(C)C(=O)O.CCCCC/C=C/C([O-])=NCN(CC(C)O)C(C)C(=O)[O-].[Ca+2]. The zero-order chi connectivity index (χ0) is 32.5. The maximum Gasteiger partial charge on any atom is 2.00 e. The average molecular weight is 639 g/mol. The zero-order valence-corrected chi connectivity index (χ0v) is 29.2. The Bertz CT molecular complexity index is 837. The maximum atomic E-state index is 11.6. The minimum Gasteiger partial charge on any atom is -0.859 e. The number of aliphatic imine (C=N–C) groups is 1. The summed E-state index contributed by atoms with van der Waals surface area (Å²) in [5.74, 6) is -2.89. The molecule has 0 saturated heterocycles. The molecular weight excluding hydrogens is 584 g/mol. The third-order valence-corrected chi connectivity index (χ3v) is 6.13. The van der Waals surface area contributed by atoms with Crippen LogP contribution in [0.2, 0.25) is 0 Å². The molecule has 13 heteroatoms. The van der Waals surface area contributed by atoms with Crippen molar-refractivity contribution in [3.63, 3.8) is 0 Å². The van der Waals surface area contributed by atoms with Gasteiger partial charge in [-0.2, -0.15) is 0 Å². The van der Waals surface area contributed by atoms with Crippen molar-refractivity contribution in [3.05, 3.63) is 24.3 Å². The van der Waals surface area contributed by atoms with Crippen LogP contribution in [0.25, 0.3) is 0 Å². The van der Waals surface area contributed by atoms with E-state index in [4.69, 9.17) is 5.11 Å². The van der Waals surface area contributed by atoms with Gasteiger partial charge in [0.25, 0.3) is 0 Å². The molecule has 0 saturated carbocycles. The molecule has 0 aliphatic heterocycles. The molecular formula is C30H54CaN4O8. The predicted octanol–water partition coefficient (Wildman–Crippen LogP) is 0.632. The van der Waals surface area contributed by atoms with Crippen molar-refractivity contribution in [2.45, 2.75) is 117 Å². The van der Waals surface area contributed by atoms with Gasteiger partial charge in [0.2, 0.25) is 5.91 Å². The Morgan fingerprint density at radius 2 is 1.30 bits per heavy atom. The second-order valence-corrected chi connectivity index (χ2v) is 10.4.